The summed E-state index contributed by atoms with van der Waals surface area (Å²) >= 11 is 1.90. The largest absolute Gasteiger partial charge is 0.369 e. The van der Waals surface area contributed by atoms with Gasteiger partial charge in [0.1, 0.15) is 0 Å². The monoisotopic (exact) mass is 404 g/mol. The molecule has 29 heavy (non-hydrogen) atoms. The minimum absolute atomic E-state index is 0.336. The van der Waals surface area contributed by atoms with Crippen LogP contribution in [0.25, 0.3) is 22.2 Å². The van der Waals surface area contributed by atoms with Gasteiger partial charge in [-0.25, -0.2) is 4.31 Å². The smallest absolute Gasteiger partial charge is 0.0486 e. The van der Waals surface area contributed by atoms with E-state index in [1.165, 1.54) is 78.1 Å². The van der Waals surface area contributed by atoms with E-state index in [1.54, 1.807) is 0 Å². The van der Waals surface area contributed by atoms with Gasteiger partial charge in [0, 0.05) is 64.5 Å². The summed E-state index contributed by atoms with van der Waals surface area (Å²) in [4.78, 5) is 7.63. The highest BCUT2D eigenvalue weighted by atomic mass is 32.2. The minimum atomic E-state index is 0.336. The van der Waals surface area contributed by atoms with Gasteiger partial charge in [-0.3, -0.25) is 0 Å². The summed E-state index contributed by atoms with van der Waals surface area (Å²) in [5.74, 6) is 0. The van der Waals surface area contributed by atoms with Gasteiger partial charge in [0.15, 0.2) is 0 Å². The second-order valence-corrected chi connectivity index (χ2v) is 9.98. The molecule has 0 bridgehead atoms. The highest BCUT2D eigenvalue weighted by Crippen LogP contribution is 2.41. The fourth-order valence-electron chi connectivity index (χ4n) is 5.10. The van der Waals surface area contributed by atoms with Crippen LogP contribution in [0.1, 0.15) is 25.7 Å². The summed E-state index contributed by atoms with van der Waals surface area (Å²) in [5, 5.41) is 5.09. The number of hydrogen-bond donors (Lipinski definition) is 2. The third-order valence-electron chi connectivity index (χ3n) is 6.86. The fourth-order valence-corrected chi connectivity index (χ4v) is 6.14. The number of nitrogens with zero attached hydrogens (tertiary/aromatic N) is 2. The number of benzene rings is 2. The number of nitrogens with one attached hydrogen (secondary N) is 2. The van der Waals surface area contributed by atoms with E-state index >= 15 is 0 Å². The van der Waals surface area contributed by atoms with Crippen LogP contribution in [0, 0.1) is 0 Å². The standard InChI is InChI=1S/C24H28N4S/c1-2-6-21-18(5-1)15-22(26-21)20-16-19(29-28-12-4-13-28)7-8-23(20)27-14-10-24(17-27)9-3-11-25-24/h1-2,5-8,15-16,25-26H,3-4,9-14,17H2. The average molecular weight is 405 g/mol. The predicted molar refractivity (Wildman–Crippen MR) is 123 cm³/mol. The zero-order valence-electron chi connectivity index (χ0n) is 16.8. The molecule has 1 unspecified atom stereocenters. The van der Waals surface area contributed by atoms with Crippen molar-refractivity contribution < 1.29 is 0 Å². The van der Waals surface area contributed by atoms with E-state index in [4.69, 9.17) is 0 Å². The first-order chi connectivity index (χ1) is 14.3. The van der Waals surface area contributed by atoms with Gasteiger partial charge in [-0.1, -0.05) is 18.2 Å². The topological polar surface area (TPSA) is 34.3 Å². The highest BCUT2D eigenvalue weighted by Gasteiger charge is 2.40. The van der Waals surface area contributed by atoms with E-state index < -0.39 is 0 Å². The SMILES string of the molecule is c1ccc2[nH]c(-c3cc(SN4CCC4)ccc3N3CCC4(CCCN4)C3)cc2c1. The lowest BCUT2D eigenvalue weighted by Gasteiger charge is -2.30. The molecule has 3 aromatic rings. The maximum Gasteiger partial charge on any atom is 0.0486 e. The summed E-state index contributed by atoms with van der Waals surface area (Å²) in [5.41, 5.74) is 5.48. The molecular weight excluding hydrogens is 376 g/mol. The molecule has 3 aliphatic heterocycles. The van der Waals surface area contributed by atoms with Crippen LogP contribution in [-0.4, -0.2) is 47.6 Å². The Morgan fingerprint density at radius 2 is 1.86 bits per heavy atom. The fraction of sp³-hybridized carbons (Fsp3) is 0.417. The molecule has 1 aromatic heterocycles. The third-order valence-corrected chi connectivity index (χ3v) is 7.95. The van der Waals surface area contributed by atoms with Gasteiger partial charge >= 0.3 is 0 Å². The zero-order valence-corrected chi connectivity index (χ0v) is 17.6. The van der Waals surface area contributed by atoms with E-state index in [-0.39, 0.29) is 0 Å². The minimum Gasteiger partial charge on any atom is -0.369 e. The molecule has 0 saturated carbocycles. The highest BCUT2D eigenvalue weighted by molar-refractivity contribution is 7.97. The number of rotatable bonds is 4. The predicted octanol–water partition coefficient (Wildman–Crippen LogP) is 4.88. The normalized spacial score (nSPS) is 24.6. The molecule has 4 heterocycles. The Labute approximate surface area is 176 Å². The van der Waals surface area contributed by atoms with Crippen LogP contribution in [0.4, 0.5) is 5.69 Å². The Kier molecular flexibility index (Phi) is 4.36. The third kappa shape index (κ3) is 3.25. The van der Waals surface area contributed by atoms with Crippen LogP contribution in [0.15, 0.2) is 53.4 Å². The quantitative estimate of drug-likeness (QED) is 0.608. The maximum atomic E-state index is 3.80. The molecule has 2 aromatic carbocycles. The van der Waals surface area contributed by atoms with Gasteiger partial charge in [-0.2, -0.15) is 0 Å². The maximum absolute atomic E-state index is 3.80. The van der Waals surface area contributed by atoms with Crippen LogP contribution in [0.5, 0.6) is 0 Å². The Balaban J connectivity index is 1.39. The first kappa shape index (κ1) is 17.9. The van der Waals surface area contributed by atoms with Crippen molar-refractivity contribution in [1.82, 2.24) is 14.6 Å². The molecule has 3 aliphatic rings. The lowest BCUT2D eigenvalue weighted by molar-refractivity contribution is 0.344. The van der Waals surface area contributed by atoms with Gasteiger partial charge < -0.3 is 15.2 Å². The van der Waals surface area contributed by atoms with Crippen LogP contribution < -0.4 is 10.2 Å². The molecule has 4 nitrogen and oxygen atoms in total. The van der Waals surface area contributed by atoms with Crippen molar-refractivity contribution in [3.63, 3.8) is 0 Å². The lowest BCUT2D eigenvalue weighted by Crippen LogP contribution is -2.42. The first-order valence-corrected chi connectivity index (χ1v) is 11.7. The summed E-state index contributed by atoms with van der Waals surface area (Å²) < 4.78 is 2.46. The van der Waals surface area contributed by atoms with Crippen molar-refractivity contribution in [2.45, 2.75) is 36.1 Å². The number of hydrogen-bond acceptors (Lipinski definition) is 4. The van der Waals surface area contributed by atoms with E-state index in [2.05, 4.69) is 68.0 Å². The second-order valence-electron chi connectivity index (χ2n) is 8.81. The number of para-hydroxylation sites is 1. The van der Waals surface area contributed by atoms with Crippen molar-refractivity contribution in [3.8, 4) is 11.3 Å². The van der Waals surface area contributed by atoms with Gasteiger partial charge in [-0.15, -0.1) is 0 Å². The van der Waals surface area contributed by atoms with Crippen LogP contribution in [-0.2, 0) is 0 Å². The van der Waals surface area contributed by atoms with Gasteiger partial charge in [0.05, 0.1) is 0 Å². The Morgan fingerprint density at radius 1 is 0.931 bits per heavy atom. The molecular formula is C24H28N4S. The average Bonchev–Trinajstić information content (AvgIpc) is 3.45. The number of aromatic amines is 1. The van der Waals surface area contributed by atoms with E-state index in [0.717, 1.165) is 13.1 Å². The second kappa shape index (κ2) is 7.08. The van der Waals surface area contributed by atoms with Crippen LogP contribution in [0.2, 0.25) is 0 Å². The van der Waals surface area contributed by atoms with Gasteiger partial charge in [0.25, 0.3) is 0 Å². The molecule has 0 amide bonds. The van der Waals surface area contributed by atoms with Gasteiger partial charge in [-0.05, 0) is 74.5 Å². The molecule has 5 heteroatoms. The van der Waals surface area contributed by atoms with E-state index in [9.17, 15) is 0 Å². The molecule has 3 fully saturated rings. The molecule has 1 spiro atoms. The molecule has 3 saturated heterocycles. The summed E-state index contributed by atoms with van der Waals surface area (Å²) in [6.07, 6.45) is 5.20. The number of aromatic nitrogens is 1. The number of fused-ring (bicyclic) bond motifs is 1. The summed E-state index contributed by atoms with van der Waals surface area (Å²) in [6, 6.07) is 18.0. The molecule has 6 rings (SSSR count). The molecule has 1 atom stereocenters. The van der Waals surface area contributed by atoms with Crippen LogP contribution in [0.3, 0.4) is 0 Å². The van der Waals surface area contributed by atoms with Crippen molar-refractivity contribution >= 4 is 28.5 Å². The van der Waals surface area contributed by atoms with E-state index in [0.29, 0.717) is 5.54 Å². The molecule has 0 radical (unpaired) electrons. The van der Waals surface area contributed by atoms with Crippen molar-refractivity contribution in [2.75, 3.05) is 37.6 Å². The molecule has 2 N–H and O–H groups in total. The molecule has 0 aliphatic carbocycles. The summed E-state index contributed by atoms with van der Waals surface area (Å²) in [7, 11) is 0. The van der Waals surface area contributed by atoms with Gasteiger partial charge in [0.2, 0.25) is 0 Å². The number of anilines is 1. The summed E-state index contributed by atoms with van der Waals surface area (Å²) in [6.45, 7) is 5.84. The van der Waals surface area contributed by atoms with Crippen LogP contribution >= 0.6 is 11.9 Å². The van der Waals surface area contributed by atoms with Crippen molar-refractivity contribution in [1.29, 1.82) is 0 Å². The first-order valence-electron chi connectivity index (χ1n) is 10.9. The Hall–Kier alpha value is -1.95. The Morgan fingerprint density at radius 3 is 2.66 bits per heavy atom. The van der Waals surface area contributed by atoms with Crippen molar-refractivity contribution in [3.05, 3.63) is 48.5 Å². The Bertz CT molecular complexity index is 999. The lowest BCUT2D eigenvalue weighted by atomic mass is 9.97. The number of H-pyrrole nitrogens is 1. The van der Waals surface area contributed by atoms with Crippen molar-refractivity contribution in [2.24, 2.45) is 0 Å². The molecule has 150 valence electrons. The zero-order chi connectivity index (χ0) is 19.3. The van der Waals surface area contributed by atoms with E-state index in [1.807, 2.05) is 11.9 Å².